The Morgan fingerprint density at radius 2 is 1.61 bits per heavy atom. The summed E-state index contributed by atoms with van der Waals surface area (Å²) in [4.78, 5) is 24.2. The summed E-state index contributed by atoms with van der Waals surface area (Å²) < 4.78 is 11.0. The van der Waals surface area contributed by atoms with Crippen molar-refractivity contribution in [3.8, 4) is 11.5 Å². The number of para-hydroxylation sites is 1. The van der Waals surface area contributed by atoms with E-state index in [1.807, 2.05) is 31.2 Å². The van der Waals surface area contributed by atoms with Crippen LogP contribution in [0.1, 0.15) is 50.0 Å². The first kappa shape index (κ1) is 21.3. The molecule has 28 heavy (non-hydrogen) atoms. The molecule has 2 N–H and O–H groups in total. The zero-order valence-electron chi connectivity index (χ0n) is 16.9. The van der Waals surface area contributed by atoms with Crippen molar-refractivity contribution in [2.45, 2.75) is 39.5 Å². The Labute approximate surface area is 166 Å². The van der Waals surface area contributed by atoms with Gasteiger partial charge in [0.05, 0.1) is 12.2 Å². The molecule has 0 aromatic heterocycles. The molecule has 2 rings (SSSR count). The van der Waals surface area contributed by atoms with Crippen LogP contribution < -0.4 is 20.3 Å². The lowest BCUT2D eigenvalue weighted by Crippen LogP contribution is -2.43. The highest BCUT2D eigenvalue weighted by molar-refractivity contribution is 5.97. The van der Waals surface area contributed by atoms with Crippen LogP contribution in [-0.4, -0.2) is 25.0 Å². The highest BCUT2D eigenvalue weighted by atomic mass is 16.5. The molecule has 0 atom stereocenters. The number of amides is 2. The van der Waals surface area contributed by atoms with E-state index in [1.165, 1.54) is 5.56 Å². The number of hydrogen-bond donors (Lipinski definition) is 2. The summed E-state index contributed by atoms with van der Waals surface area (Å²) in [6.45, 7) is 8.68. The summed E-state index contributed by atoms with van der Waals surface area (Å²) >= 11 is 0. The van der Waals surface area contributed by atoms with E-state index >= 15 is 0 Å². The Bertz CT molecular complexity index is 795. The van der Waals surface area contributed by atoms with Crippen molar-refractivity contribution in [1.82, 2.24) is 10.9 Å². The normalized spacial score (nSPS) is 10.9. The molecule has 0 aliphatic heterocycles. The molecule has 2 aromatic rings. The first-order valence-electron chi connectivity index (χ1n) is 9.35. The van der Waals surface area contributed by atoms with E-state index in [9.17, 15) is 9.59 Å². The van der Waals surface area contributed by atoms with Crippen LogP contribution in [0, 0.1) is 0 Å². The minimum atomic E-state index is -0.458. The zero-order valence-corrected chi connectivity index (χ0v) is 16.9. The van der Waals surface area contributed by atoms with Gasteiger partial charge in [0.2, 0.25) is 0 Å². The highest BCUT2D eigenvalue weighted by Gasteiger charge is 2.14. The van der Waals surface area contributed by atoms with Crippen LogP contribution in [0.15, 0.2) is 48.5 Å². The summed E-state index contributed by atoms with van der Waals surface area (Å²) in [6.07, 6.45) is 0.834. The molecule has 6 nitrogen and oxygen atoms in total. The number of carbonyl (C=O) groups excluding carboxylic acids is 2. The van der Waals surface area contributed by atoms with Crippen molar-refractivity contribution in [3.63, 3.8) is 0 Å². The van der Waals surface area contributed by atoms with E-state index in [4.69, 9.17) is 9.47 Å². The van der Waals surface area contributed by atoms with Gasteiger partial charge in [-0.15, -0.1) is 0 Å². The first-order chi connectivity index (χ1) is 13.3. The number of carbonyl (C=O) groups is 2. The van der Waals surface area contributed by atoms with Crippen molar-refractivity contribution in [3.05, 3.63) is 59.7 Å². The molecule has 2 aromatic carbocycles. The van der Waals surface area contributed by atoms with Crippen molar-refractivity contribution in [1.29, 1.82) is 0 Å². The van der Waals surface area contributed by atoms with Gasteiger partial charge in [0.25, 0.3) is 11.8 Å². The van der Waals surface area contributed by atoms with Gasteiger partial charge >= 0.3 is 0 Å². The van der Waals surface area contributed by atoms with Crippen molar-refractivity contribution >= 4 is 11.8 Å². The molecule has 0 aliphatic rings. The predicted octanol–water partition coefficient (Wildman–Crippen LogP) is 3.61. The molecular formula is C22H28N2O4. The van der Waals surface area contributed by atoms with Gasteiger partial charge in [0, 0.05) is 0 Å². The average Bonchev–Trinajstić information content (AvgIpc) is 2.68. The fourth-order valence-electron chi connectivity index (χ4n) is 2.42. The van der Waals surface area contributed by atoms with E-state index < -0.39 is 11.8 Å². The molecular weight excluding hydrogens is 356 g/mol. The lowest BCUT2D eigenvalue weighted by molar-refractivity contribution is -0.123. The van der Waals surface area contributed by atoms with Crippen LogP contribution in [-0.2, 0) is 10.2 Å². The lowest BCUT2D eigenvalue weighted by atomic mass is 9.87. The summed E-state index contributed by atoms with van der Waals surface area (Å²) in [5.74, 6) is 0.161. The fraction of sp³-hybridized carbons (Fsp3) is 0.364. The number of hydrogen-bond acceptors (Lipinski definition) is 4. The second-order valence-corrected chi connectivity index (χ2v) is 7.41. The van der Waals surface area contributed by atoms with Crippen molar-refractivity contribution < 1.29 is 19.1 Å². The molecule has 150 valence electrons. The minimum absolute atomic E-state index is 0.0529. The summed E-state index contributed by atoms with van der Waals surface area (Å²) in [6, 6.07) is 14.5. The van der Waals surface area contributed by atoms with Crippen molar-refractivity contribution in [2.75, 3.05) is 13.2 Å². The Kier molecular flexibility index (Phi) is 7.44. The maximum atomic E-state index is 12.3. The highest BCUT2D eigenvalue weighted by Crippen LogP contribution is 2.24. The van der Waals surface area contributed by atoms with E-state index in [-0.39, 0.29) is 12.0 Å². The largest absolute Gasteiger partial charge is 0.493 e. The van der Waals surface area contributed by atoms with Gasteiger partial charge < -0.3 is 9.47 Å². The van der Waals surface area contributed by atoms with Crippen LogP contribution in [0.4, 0.5) is 0 Å². The van der Waals surface area contributed by atoms with Gasteiger partial charge in [-0.1, -0.05) is 52.0 Å². The SMILES string of the molecule is CCCOc1ccccc1C(=O)NNC(=O)COc1ccc(C(C)(C)C)cc1. The zero-order chi connectivity index (χ0) is 20.6. The molecule has 0 radical (unpaired) electrons. The third kappa shape index (κ3) is 6.30. The Morgan fingerprint density at radius 3 is 2.25 bits per heavy atom. The van der Waals surface area contributed by atoms with Crippen LogP contribution >= 0.6 is 0 Å². The molecule has 0 aliphatic carbocycles. The number of ether oxygens (including phenoxy) is 2. The van der Waals surface area contributed by atoms with Gasteiger partial charge in [-0.2, -0.15) is 0 Å². The van der Waals surface area contributed by atoms with Crippen LogP contribution in [0.2, 0.25) is 0 Å². The van der Waals surface area contributed by atoms with Crippen LogP contribution in [0.3, 0.4) is 0 Å². The van der Waals surface area contributed by atoms with Gasteiger partial charge in [0.1, 0.15) is 11.5 Å². The fourth-order valence-corrected chi connectivity index (χ4v) is 2.42. The second-order valence-electron chi connectivity index (χ2n) is 7.41. The molecule has 0 fully saturated rings. The third-order valence-electron chi connectivity index (χ3n) is 4.00. The lowest BCUT2D eigenvalue weighted by Gasteiger charge is -2.19. The van der Waals surface area contributed by atoms with E-state index in [2.05, 4.69) is 31.6 Å². The second kappa shape index (κ2) is 9.78. The molecule has 0 bridgehead atoms. The van der Waals surface area contributed by atoms with E-state index in [0.717, 1.165) is 6.42 Å². The monoisotopic (exact) mass is 384 g/mol. The molecule has 0 heterocycles. The topological polar surface area (TPSA) is 76.7 Å². The predicted molar refractivity (Wildman–Crippen MR) is 108 cm³/mol. The van der Waals surface area contributed by atoms with Gasteiger partial charge in [-0.3, -0.25) is 20.4 Å². The van der Waals surface area contributed by atoms with Crippen LogP contribution in [0.25, 0.3) is 0 Å². The first-order valence-corrected chi connectivity index (χ1v) is 9.35. The standard InChI is InChI=1S/C22H28N2O4/c1-5-14-27-19-9-7-6-8-18(19)21(26)24-23-20(25)15-28-17-12-10-16(11-13-17)22(2,3)4/h6-13H,5,14-15H2,1-4H3,(H,23,25)(H,24,26). The maximum absolute atomic E-state index is 12.3. The Hall–Kier alpha value is -3.02. The van der Waals surface area contributed by atoms with Gasteiger partial charge in [0.15, 0.2) is 6.61 Å². The number of hydrazine groups is 1. The minimum Gasteiger partial charge on any atom is -0.493 e. The smallest absolute Gasteiger partial charge is 0.276 e. The van der Waals surface area contributed by atoms with Gasteiger partial charge in [-0.05, 0) is 41.7 Å². The number of benzene rings is 2. The summed E-state index contributed by atoms with van der Waals surface area (Å²) in [5.41, 5.74) is 6.32. The summed E-state index contributed by atoms with van der Waals surface area (Å²) in [5, 5.41) is 0. The maximum Gasteiger partial charge on any atom is 0.276 e. The molecule has 6 heteroatoms. The molecule has 0 spiro atoms. The Morgan fingerprint density at radius 1 is 0.929 bits per heavy atom. The van der Waals surface area contributed by atoms with E-state index in [0.29, 0.717) is 23.7 Å². The molecule has 0 saturated carbocycles. The quantitative estimate of drug-likeness (QED) is 0.715. The number of rotatable bonds is 7. The van der Waals surface area contributed by atoms with Crippen molar-refractivity contribution in [2.24, 2.45) is 0 Å². The summed E-state index contributed by atoms with van der Waals surface area (Å²) in [7, 11) is 0. The Balaban J connectivity index is 1.83. The third-order valence-corrected chi connectivity index (χ3v) is 4.00. The molecule has 0 saturated heterocycles. The number of nitrogens with one attached hydrogen (secondary N) is 2. The van der Waals surface area contributed by atoms with Gasteiger partial charge in [-0.25, -0.2) is 0 Å². The van der Waals surface area contributed by atoms with E-state index in [1.54, 1.807) is 24.3 Å². The average molecular weight is 384 g/mol. The molecule has 0 unspecified atom stereocenters. The molecule has 2 amide bonds. The van der Waals surface area contributed by atoms with Crippen LogP contribution in [0.5, 0.6) is 11.5 Å².